The number of aliphatic hydroxyl groups is 1. The average molecular weight is 409 g/mol. The van der Waals surface area contributed by atoms with Crippen molar-refractivity contribution < 1.29 is 24.1 Å². The number of rotatable bonds is 2. The van der Waals surface area contributed by atoms with E-state index in [-0.39, 0.29) is 17.6 Å². The minimum absolute atomic E-state index is 0.0387. The lowest BCUT2D eigenvalue weighted by atomic mass is 9.80. The second kappa shape index (κ2) is 7.93. The fourth-order valence-electron chi connectivity index (χ4n) is 4.88. The van der Waals surface area contributed by atoms with E-state index in [1.807, 2.05) is 35.2 Å². The number of ether oxygens (including phenoxy) is 3. The molecule has 0 aromatic heterocycles. The summed E-state index contributed by atoms with van der Waals surface area (Å²) in [6.45, 7) is 2.14. The highest BCUT2D eigenvalue weighted by Crippen LogP contribution is 2.43. The summed E-state index contributed by atoms with van der Waals surface area (Å²) >= 11 is 0. The molecule has 0 radical (unpaired) electrons. The number of hydrogen-bond donors (Lipinski definition) is 1. The van der Waals surface area contributed by atoms with E-state index in [1.54, 1.807) is 6.07 Å². The van der Waals surface area contributed by atoms with Crippen molar-refractivity contribution in [3.63, 3.8) is 0 Å². The summed E-state index contributed by atoms with van der Waals surface area (Å²) in [4.78, 5) is 15.1. The Morgan fingerprint density at radius 3 is 2.57 bits per heavy atom. The summed E-state index contributed by atoms with van der Waals surface area (Å²) in [7, 11) is 0. The van der Waals surface area contributed by atoms with Gasteiger partial charge in [0.1, 0.15) is 13.2 Å². The van der Waals surface area contributed by atoms with Gasteiger partial charge in [0.2, 0.25) is 0 Å². The number of benzene rings is 2. The standard InChI is InChI=1S/C24H27NO5/c26-18-15-21(17-5-2-1-3-6-17)30-24(16-18)9-11-25(12-10-24)23(27)19-7-4-8-20-22(19)29-14-13-28-20/h1-8,18,21,26H,9-16H2/t18-,21-/m1/s1. The molecule has 1 amide bonds. The van der Waals surface area contributed by atoms with Gasteiger partial charge in [0.05, 0.1) is 23.4 Å². The first-order valence-corrected chi connectivity index (χ1v) is 10.7. The zero-order valence-electron chi connectivity index (χ0n) is 17.0. The molecule has 3 aliphatic heterocycles. The first kappa shape index (κ1) is 19.4. The topological polar surface area (TPSA) is 68.2 Å². The number of piperidine rings is 1. The number of likely N-dealkylation sites (tertiary alicyclic amines) is 1. The summed E-state index contributed by atoms with van der Waals surface area (Å²) in [5, 5.41) is 10.6. The second-order valence-electron chi connectivity index (χ2n) is 8.42. The quantitative estimate of drug-likeness (QED) is 0.824. The molecular weight excluding hydrogens is 382 g/mol. The van der Waals surface area contributed by atoms with Gasteiger partial charge in [-0.05, 0) is 30.5 Å². The monoisotopic (exact) mass is 409 g/mol. The lowest BCUT2D eigenvalue weighted by Gasteiger charge is -2.48. The number of aliphatic hydroxyl groups excluding tert-OH is 1. The zero-order chi connectivity index (χ0) is 20.6. The summed E-state index contributed by atoms with van der Waals surface area (Å²) in [5.41, 5.74) is 1.27. The Morgan fingerprint density at radius 1 is 1.00 bits per heavy atom. The van der Waals surface area contributed by atoms with E-state index in [2.05, 4.69) is 12.1 Å². The fourth-order valence-corrected chi connectivity index (χ4v) is 4.88. The highest BCUT2D eigenvalue weighted by molar-refractivity contribution is 5.98. The SMILES string of the molecule is O=C(c1cccc2c1OCCO2)N1CCC2(CC1)C[C@H](O)C[C@H](c1ccccc1)O2. The highest BCUT2D eigenvalue weighted by Gasteiger charge is 2.44. The molecule has 3 heterocycles. The number of para-hydroxylation sites is 1. The Labute approximate surface area is 176 Å². The van der Waals surface area contributed by atoms with Crippen LogP contribution in [0.2, 0.25) is 0 Å². The first-order valence-electron chi connectivity index (χ1n) is 10.7. The van der Waals surface area contributed by atoms with Crippen LogP contribution in [0.15, 0.2) is 48.5 Å². The predicted molar refractivity (Wildman–Crippen MR) is 111 cm³/mol. The van der Waals surface area contributed by atoms with Crippen LogP contribution in [-0.2, 0) is 4.74 Å². The molecule has 2 atom stereocenters. The summed E-state index contributed by atoms with van der Waals surface area (Å²) in [5.74, 6) is 1.13. The van der Waals surface area contributed by atoms with Crippen molar-refractivity contribution in [3.05, 3.63) is 59.7 Å². The van der Waals surface area contributed by atoms with Crippen molar-refractivity contribution >= 4 is 5.91 Å². The normalized spacial score (nSPS) is 25.2. The highest BCUT2D eigenvalue weighted by atomic mass is 16.6. The van der Waals surface area contributed by atoms with Gasteiger partial charge >= 0.3 is 0 Å². The van der Waals surface area contributed by atoms with Crippen LogP contribution >= 0.6 is 0 Å². The van der Waals surface area contributed by atoms with Gasteiger partial charge < -0.3 is 24.2 Å². The number of amides is 1. The van der Waals surface area contributed by atoms with Crippen molar-refractivity contribution in [2.45, 2.75) is 43.5 Å². The molecule has 2 saturated heterocycles. The summed E-state index contributed by atoms with van der Waals surface area (Å²) in [6, 6.07) is 15.5. The van der Waals surface area contributed by atoms with Crippen LogP contribution in [0.5, 0.6) is 11.5 Å². The molecular formula is C24H27NO5. The maximum atomic E-state index is 13.2. The smallest absolute Gasteiger partial charge is 0.257 e. The summed E-state index contributed by atoms with van der Waals surface area (Å²) in [6.07, 6.45) is 2.16. The van der Waals surface area contributed by atoms with Gasteiger partial charge in [-0.3, -0.25) is 4.79 Å². The van der Waals surface area contributed by atoms with Crippen LogP contribution in [-0.4, -0.2) is 53.9 Å². The van der Waals surface area contributed by atoms with E-state index in [4.69, 9.17) is 14.2 Å². The maximum Gasteiger partial charge on any atom is 0.257 e. The van der Waals surface area contributed by atoms with E-state index in [1.165, 1.54) is 0 Å². The summed E-state index contributed by atoms with van der Waals surface area (Å²) < 4.78 is 17.9. The molecule has 0 unspecified atom stereocenters. The predicted octanol–water partition coefficient (Wildman–Crippen LogP) is 3.35. The number of nitrogens with zero attached hydrogens (tertiary/aromatic N) is 1. The molecule has 2 fully saturated rings. The first-order chi connectivity index (χ1) is 14.6. The van der Waals surface area contributed by atoms with Gasteiger partial charge in [0.25, 0.3) is 5.91 Å². The molecule has 6 heteroatoms. The molecule has 2 aromatic carbocycles. The third kappa shape index (κ3) is 3.66. The van der Waals surface area contributed by atoms with Crippen molar-refractivity contribution in [1.82, 2.24) is 4.90 Å². The zero-order valence-corrected chi connectivity index (χ0v) is 17.0. The third-order valence-electron chi connectivity index (χ3n) is 6.42. The van der Waals surface area contributed by atoms with E-state index in [9.17, 15) is 9.90 Å². The van der Waals surface area contributed by atoms with Crippen molar-refractivity contribution in [2.24, 2.45) is 0 Å². The molecule has 5 rings (SSSR count). The second-order valence-corrected chi connectivity index (χ2v) is 8.42. The average Bonchev–Trinajstić information content (AvgIpc) is 2.79. The van der Waals surface area contributed by atoms with Crippen molar-refractivity contribution in [2.75, 3.05) is 26.3 Å². The van der Waals surface area contributed by atoms with Gasteiger partial charge in [-0.25, -0.2) is 0 Å². The number of hydrogen-bond acceptors (Lipinski definition) is 5. The van der Waals surface area contributed by atoms with Gasteiger partial charge in [-0.15, -0.1) is 0 Å². The van der Waals surface area contributed by atoms with E-state index in [0.717, 1.165) is 5.56 Å². The van der Waals surface area contributed by atoms with Crippen LogP contribution < -0.4 is 9.47 Å². The minimum atomic E-state index is -0.391. The van der Waals surface area contributed by atoms with Crippen LogP contribution in [0.1, 0.15) is 47.7 Å². The van der Waals surface area contributed by atoms with Gasteiger partial charge in [-0.2, -0.15) is 0 Å². The molecule has 1 N–H and O–H groups in total. The van der Waals surface area contributed by atoms with Crippen LogP contribution in [0, 0.1) is 0 Å². The molecule has 0 bridgehead atoms. The Hall–Kier alpha value is -2.57. The Bertz CT molecular complexity index is 907. The molecule has 0 saturated carbocycles. The third-order valence-corrected chi connectivity index (χ3v) is 6.42. The number of fused-ring (bicyclic) bond motifs is 1. The largest absolute Gasteiger partial charge is 0.486 e. The molecule has 0 aliphatic carbocycles. The molecule has 3 aliphatic rings. The van der Waals surface area contributed by atoms with Crippen LogP contribution in [0.4, 0.5) is 0 Å². The maximum absolute atomic E-state index is 13.2. The lowest BCUT2D eigenvalue weighted by molar-refractivity contribution is -0.181. The van der Waals surface area contributed by atoms with Gasteiger partial charge in [0, 0.05) is 25.9 Å². The van der Waals surface area contributed by atoms with E-state index < -0.39 is 6.10 Å². The minimum Gasteiger partial charge on any atom is -0.486 e. The molecule has 6 nitrogen and oxygen atoms in total. The van der Waals surface area contributed by atoms with Crippen LogP contribution in [0.25, 0.3) is 0 Å². The number of carbonyl (C=O) groups is 1. The molecule has 2 aromatic rings. The molecule has 30 heavy (non-hydrogen) atoms. The van der Waals surface area contributed by atoms with E-state index in [0.29, 0.717) is 69.0 Å². The lowest BCUT2D eigenvalue weighted by Crippen LogP contribution is -2.52. The van der Waals surface area contributed by atoms with E-state index >= 15 is 0 Å². The van der Waals surface area contributed by atoms with Crippen LogP contribution in [0.3, 0.4) is 0 Å². The molecule has 158 valence electrons. The Morgan fingerprint density at radius 2 is 1.77 bits per heavy atom. The molecule has 1 spiro atoms. The van der Waals surface area contributed by atoms with Gasteiger partial charge in [-0.1, -0.05) is 36.4 Å². The van der Waals surface area contributed by atoms with Crippen molar-refractivity contribution in [1.29, 1.82) is 0 Å². The number of carbonyl (C=O) groups excluding carboxylic acids is 1. The van der Waals surface area contributed by atoms with Crippen molar-refractivity contribution in [3.8, 4) is 11.5 Å². The Balaban J connectivity index is 1.30. The Kier molecular flexibility index (Phi) is 5.13. The van der Waals surface area contributed by atoms with Gasteiger partial charge in [0.15, 0.2) is 11.5 Å². The fraction of sp³-hybridized carbons (Fsp3) is 0.458.